The van der Waals surface area contributed by atoms with E-state index in [-0.39, 0.29) is 11.0 Å². The summed E-state index contributed by atoms with van der Waals surface area (Å²) >= 11 is 11.0. The normalized spacial score (nSPS) is 10.0. The number of halogens is 1. The number of hydrogen-bond donors (Lipinski definition) is 2. The molecular formula is C16H15ClN2OS. The smallest absolute Gasteiger partial charge is 0.257 e. The van der Waals surface area contributed by atoms with E-state index in [0.29, 0.717) is 10.6 Å². The highest BCUT2D eigenvalue weighted by molar-refractivity contribution is 7.80. The maximum absolute atomic E-state index is 12.1. The van der Waals surface area contributed by atoms with Gasteiger partial charge < -0.3 is 5.32 Å². The first-order valence-electron chi connectivity index (χ1n) is 6.56. The van der Waals surface area contributed by atoms with Crippen molar-refractivity contribution in [1.82, 2.24) is 5.32 Å². The molecule has 2 rings (SSSR count). The predicted molar refractivity (Wildman–Crippen MR) is 91.0 cm³/mol. The quantitative estimate of drug-likeness (QED) is 0.840. The maximum Gasteiger partial charge on any atom is 0.257 e. The second-order valence-corrected chi connectivity index (χ2v) is 5.27. The lowest BCUT2D eigenvalue weighted by atomic mass is 10.1. The Morgan fingerprint density at radius 1 is 1.19 bits per heavy atom. The van der Waals surface area contributed by atoms with Gasteiger partial charge in [0.15, 0.2) is 5.11 Å². The van der Waals surface area contributed by atoms with E-state index in [2.05, 4.69) is 17.6 Å². The van der Waals surface area contributed by atoms with Gasteiger partial charge in [0, 0.05) is 16.3 Å². The molecule has 0 unspecified atom stereocenters. The third-order valence-corrected chi connectivity index (χ3v) is 3.40. The predicted octanol–water partition coefficient (Wildman–Crippen LogP) is 4.03. The molecule has 0 saturated heterocycles. The Balaban J connectivity index is 2.03. The topological polar surface area (TPSA) is 41.1 Å². The second-order valence-electron chi connectivity index (χ2n) is 4.43. The first kappa shape index (κ1) is 15.5. The van der Waals surface area contributed by atoms with Crippen LogP contribution in [0.3, 0.4) is 0 Å². The molecule has 0 aliphatic heterocycles. The average molecular weight is 319 g/mol. The summed E-state index contributed by atoms with van der Waals surface area (Å²) in [5, 5.41) is 6.47. The number of carbonyl (C=O) groups is 1. The number of rotatable bonds is 3. The number of nitrogens with one attached hydrogen (secondary N) is 2. The summed E-state index contributed by atoms with van der Waals surface area (Å²) in [6.45, 7) is 2.06. The molecule has 5 heteroatoms. The summed E-state index contributed by atoms with van der Waals surface area (Å²) in [6.07, 6.45) is 0.883. The van der Waals surface area contributed by atoms with Crippen LogP contribution in [-0.4, -0.2) is 11.0 Å². The lowest BCUT2D eigenvalue weighted by Gasteiger charge is -2.12. The van der Waals surface area contributed by atoms with Gasteiger partial charge in [0.05, 0.1) is 0 Å². The zero-order valence-electron chi connectivity index (χ0n) is 11.5. The zero-order chi connectivity index (χ0) is 15.2. The molecule has 0 spiro atoms. The lowest BCUT2D eigenvalue weighted by Crippen LogP contribution is -2.34. The summed E-state index contributed by atoms with van der Waals surface area (Å²) in [4.78, 5) is 12.1. The number of hydrogen-bond acceptors (Lipinski definition) is 2. The van der Waals surface area contributed by atoms with Crippen molar-refractivity contribution in [3.63, 3.8) is 0 Å². The van der Waals surface area contributed by atoms with Crippen molar-refractivity contribution in [2.45, 2.75) is 13.3 Å². The number of benzene rings is 2. The molecule has 0 radical (unpaired) electrons. The van der Waals surface area contributed by atoms with Crippen LogP contribution in [0.4, 0.5) is 5.69 Å². The number of para-hydroxylation sites is 1. The molecule has 0 bridgehead atoms. The van der Waals surface area contributed by atoms with Crippen LogP contribution in [0.5, 0.6) is 0 Å². The third-order valence-electron chi connectivity index (χ3n) is 2.96. The number of thiocarbonyl (C=S) groups is 1. The fourth-order valence-electron chi connectivity index (χ4n) is 1.91. The minimum atomic E-state index is -0.288. The van der Waals surface area contributed by atoms with Crippen molar-refractivity contribution in [2.24, 2.45) is 0 Å². The molecule has 3 nitrogen and oxygen atoms in total. The number of anilines is 1. The molecule has 2 N–H and O–H groups in total. The fourth-order valence-corrected chi connectivity index (χ4v) is 2.30. The van der Waals surface area contributed by atoms with Crippen molar-refractivity contribution in [3.05, 3.63) is 64.7 Å². The van der Waals surface area contributed by atoms with Crippen molar-refractivity contribution >= 4 is 40.5 Å². The van der Waals surface area contributed by atoms with Gasteiger partial charge in [-0.2, -0.15) is 0 Å². The van der Waals surface area contributed by atoms with E-state index in [9.17, 15) is 4.79 Å². The van der Waals surface area contributed by atoms with Crippen LogP contribution in [0, 0.1) is 0 Å². The molecule has 2 aromatic rings. The molecule has 0 aliphatic carbocycles. The first-order valence-corrected chi connectivity index (χ1v) is 7.34. The summed E-state index contributed by atoms with van der Waals surface area (Å²) in [7, 11) is 0. The molecule has 0 atom stereocenters. The zero-order valence-corrected chi connectivity index (χ0v) is 13.1. The Kier molecular flexibility index (Phi) is 5.31. The Hall–Kier alpha value is -1.91. The molecule has 1 amide bonds. The van der Waals surface area contributed by atoms with Crippen LogP contribution in [0.15, 0.2) is 48.5 Å². The van der Waals surface area contributed by atoms with E-state index in [1.807, 2.05) is 24.3 Å². The summed E-state index contributed by atoms with van der Waals surface area (Å²) < 4.78 is 0. The monoisotopic (exact) mass is 318 g/mol. The Labute approximate surface area is 134 Å². The fraction of sp³-hybridized carbons (Fsp3) is 0.125. The standard InChI is InChI=1S/C16H15ClN2OS/c1-2-11-6-3-4-9-14(11)18-16(21)19-15(20)12-7-5-8-13(17)10-12/h3-10H,2H2,1H3,(H2,18,19,20,21). The van der Waals surface area contributed by atoms with Crippen molar-refractivity contribution in [2.75, 3.05) is 5.32 Å². The molecule has 0 aromatic heterocycles. The summed E-state index contributed by atoms with van der Waals surface area (Å²) in [5.74, 6) is -0.288. The van der Waals surface area contributed by atoms with E-state index >= 15 is 0 Å². The average Bonchev–Trinajstić information content (AvgIpc) is 2.47. The first-order chi connectivity index (χ1) is 10.1. The van der Waals surface area contributed by atoms with Crippen molar-refractivity contribution < 1.29 is 4.79 Å². The van der Waals surface area contributed by atoms with Crippen LogP contribution in [0.25, 0.3) is 0 Å². The molecule has 0 fully saturated rings. The van der Waals surface area contributed by atoms with Gasteiger partial charge in [0.1, 0.15) is 0 Å². The van der Waals surface area contributed by atoms with E-state index in [4.69, 9.17) is 23.8 Å². The van der Waals surface area contributed by atoms with Gasteiger partial charge in [-0.15, -0.1) is 0 Å². The molecule has 108 valence electrons. The molecule has 21 heavy (non-hydrogen) atoms. The third kappa shape index (κ3) is 4.28. The van der Waals surface area contributed by atoms with Gasteiger partial charge in [0.25, 0.3) is 5.91 Å². The highest BCUT2D eigenvalue weighted by atomic mass is 35.5. The molecule has 0 aliphatic rings. The van der Waals surface area contributed by atoms with E-state index < -0.39 is 0 Å². The maximum atomic E-state index is 12.1. The SMILES string of the molecule is CCc1ccccc1NC(=S)NC(=O)c1cccc(Cl)c1. The van der Waals surface area contributed by atoms with Crippen molar-refractivity contribution in [3.8, 4) is 0 Å². The van der Waals surface area contributed by atoms with E-state index in [1.165, 1.54) is 0 Å². The number of amides is 1. The van der Waals surface area contributed by atoms with Crippen LogP contribution in [-0.2, 0) is 6.42 Å². The van der Waals surface area contributed by atoms with E-state index in [1.54, 1.807) is 24.3 Å². The Morgan fingerprint density at radius 2 is 1.95 bits per heavy atom. The lowest BCUT2D eigenvalue weighted by molar-refractivity contribution is 0.0977. The van der Waals surface area contributed by atoms with Crippen LogP contribution in [0.2, 0.25) is 5.02 Å². The summed E-state index contributed by atoms with van der Waals surface area (Å²) in [6, 6.07) is 14.6. The minimum Gasteiger partial charge on any atom is -0.332 e. The van der Waals surface area contributed by atoms with Gasteiger partial charge >= 0.3 is 0 Å². The van der Waals surface area contributed by atoms with Gasteiger partial charge in [0.2, 0.25) is 0 Å². The minimum absolute atomic E-state index is 0.265. The van der Waals surface area contributed by atoms with Crippen LogP contribution >= 0.6 is 23.8 Å². The summed E-state index contributed by atoms with van der Waals surface area (Å²) in [5.41, 5.74) is 2.50. The van der Waals surface area contributed by atoms with Crippen LogP contribution in [0.1, 0.15) is 22.8 Å². The second kappa shape index (κ2) is 7.20. The highest BCUT2D eigenvalue weighted by Gasteiger charge is 2.09. The van der Waals surface area contributed by atoms with Gasteiger partial charge in [-0.1, -0.05) is 42.8 Å². The molecular weight excluding hydrogens is 304 g/mol. The number of carbonyl (C=O) groups excluding carboxylic acids is 1. The largest absolute Gasteiger partial charge is 0.332 e. The van der Waals surface area contributed by atoms with Crippen molar-refractivity contribution in [1.29, 1.82) is 0 Å². The van der Waals surface area contributed by atoms with Gasteiger partial charge in [-0.05, 0) is 48.5 Å². The molecule has 0 saturated carbocycles. The van der Waals surface area contributed by atoms with Gasteiger partial charge in [-0.3, -0.25) is 10.1 Å². The van der Waals surface area contributed by atoms with E-state index in [0.717, 1.165) is 17.7 Å². The highest BCUT2D eigenvalue weighted by Crippen LogP contribution is 2.15. The Morgan fingerprint density at radius 3 is 2.67 bits per heavy atom. The number of aryl methyl sites for hydroxylation is 1. The van der Waals surface area contributed by atoms with Crippen LogP contribution < -0.4 is 10.6 Å². The van der Waals surface area contributed by atoms with Gasteiger partial charge in [-0.25, -0.2) is 0 Å². The Bertz CT molecular complexity index is 673. The molecule has 0 heterocycles. The molecule has 2 aromatic carbocycles.